The first kappa shape index (κ1) is 25.7. The van der Waals surface area contributed by atoms with Gasteiger partial charge in [-0.15, -0.1) is 5.10 Å². The predicted molar refractivity (Wildman–Crippen MR) is 138 cm³/mol. The van der Waals surface area contributed by atoms with Gasteiger partial charge in [-0.05, 0) is 84.7 Å². The van der Waals surface area contributed by atoms with E-state index in [1.54, 1.807) is 11.7 Å². The molecule has 0 spiro atoms. The molecule has 9 nitrogen and oxygen atoms in total. The molecule has 36 heavy (non-hydrogen) atoms. The van der Waals surface area contributed by atoms with Crippen molar-refractivity contribution in [3.05, 3.63) is 59.4 Å². The van der Waals surface area contributed by atoms with Crippen LogP contribution in [0.5, 0.6) is 0 Å². The lowest BCUT2D eigenvalue weighted by atomic mass is 9.91. The van der Waals surface area contributed by atoms with Crippen LogP contribution in [-0.4, -0.2) is 70.4 Å². The van der Waals surface area contributed by atoms with Crippen LogP contribution in [0.1, 0.15) is 24.5 Å². The van der Waals surface area contributed by atoms with E-state index in [9.17, 15) is 9.18 Å². The average Bonchev–Trinajstić information content (AvgIpc) is 3.32. The van der Waals surface area contributed by atoms with E-state index >= 15 is 0 Å². The Morgan fingerprint density at radius 3 is 2.67 bits per heavy atom. The second-order valence-electron chi connectivity index (χ2n) is 9.35. The summed E-state index contributed by atoms with van der Waals surface area (Å²) in [6, 6.07) is 12.7. The Labute approximate surface area is 211 Å². The summed E-state index contributed by atoms with van der Waals surface area (Å²) < 4.78 is 14.8. The van der Waals surface area contributed by atoms with Gasteiger partial charge in [0.25, 0.3) is 0 Å². The number of aryl methyl sites for hydroxylation is 2. The highest BCUT2D eigenvalue weighted by Crippen LogP contribution is 2.23. The number of halogens is 1. The zero-order chi connectivity index (χ0) is 25.5. The Morgan fingerprint density at radius 1 is 1.17 bits per heavy atom. The van der Waals surface area contributed by atoms with Gasteiger partial charge >= 0.3 is 6.03 Å². The predicted octanol–water partition coefficient (Wildman–Crippen LogP) is 2.85. The normalized spacial score (nSPS) is 18.2. The van der Waals surface area contributed by atoms with E-state index in [1.165, 1.54) is 12.1 Å². The van der Waals surface area contributed by atoms with Crippen molar-refractivity contribution in [1.82, 2.24) is 35.7 Å². The molecule has 0 radical (unpaired) electrons. The van der Waals surface area contributed by atoms with Gasteiger partial charge in [0.2, 0.25) is 0 Å². The number of likely N-dealkylation sites (tertiary alicyclic amines) is 1. The summed E-state index contributed by atoms with van der Waals surface area (Å²) in [5.74, 6) is 0.722. The zero-order valence-electron chi connectivity index (χ0n) is 21.2. The van der Waals surface area contributed by atoms with Gasteiger partial charge in [0.05, 0.1) is 0 Å². The molecule has 2 atom stereocenters. The van der Waals surface area contributed by atoms with E-state index < -0.39 is 0 Å². The third-order valence-corrected chi connectivity index (χ3v) is 6.88. The highest BCUT2D eigenvalue weighted by molar-refractivity contribution is 5.90. The molecular weight excluding hydrogens is 459 g/mol. The lowest BCUT2D eigenvalue weighted by molar-refractivity contribution is 0.142. The monoisotopic (exact) mass is 494 g/mol. The number of carbonyl (C=O) groups excluding carboxylic acids is 1. The second kappa shape index (κ2) is 12.0. The first-order chi connectivity index (χ1) is 17.4. The molecule has 2 amide bonds. The van der Waals surface area contributed by atoms with Crippen LogP contribution < -0.4 is 16.0 Å². The molecule has 3 N–H and O–H groups in total. The highest BCUT2D eigenvalue weighted by atomic mass is 19.1. The lowest BCUT2D eigenvalue weighted by Gasteiger charge is -2.38. The van der Waals surface area contributed by atoms with Crippen LogP contribution in [0, 0.1) is 11.7 Å². The number of anilines is 1. The highest BCUT2D eigenvalue weighted by Gasteiger charge is 2.28. The summed E-state index contributed by atoms with van der Waals surface area (Å²) in [5, 5.41) is 21.2. The largest absolute Gasteiger partial charge is 0.337 e. The molecular formula is C26H35FN8O. The summed E-state index contributed by atoms with van der Waals surface area (Å²) in [7, 11) is 3.77. The van der Waals surface area contributed by atoms with Crippen molar-refractivity contribution in [2.75, 3.05) is 38.5 Å². The number of hydrogen-bond donors (Lipinski definition) is 3. The summed E-state index contributed by atoms with van der Waals surface area (Å²) in [4.78, 5) is 15.2. The summed E-state index contributed by atoms with van der Waals surface area (Å²) in [6.45, 7) is 5.44. The van der Waals surface area contributed by atoms with Crippen LogP contribution in [-0.2, 0) is 19.9 Å². The summed E-state index contributed by atoms with van der Waals surface area (Å²) >= 11 is 0. The fourth-order valence-electron chi connectivity index (χ4n) is 4.81. The zero-order valence-corrected chi connectivity index (χ0v) is 21.2. The van der Waals surface area contributed by atoms with Crippen molar-refractivity contribution < 1.29 is 9.18 Å². The average molecular weight is 495 g/mol. The van der Waals surface area contributed by atoms with E-state index in [-0.39, 0.29) is 17.8 Å². The van der Waals surface area contributed by atoms with Crippen LogP contribution in [0.25, 0.3) is 11.4 Å². The minimum Gasteiger partial charge on any atom is -0.337 e. The Morgan fingerprint density at radius 2 is 1.97 bits per heavy atom. The van der Waals surface area contributed by atoms with Crippen LogP contribution in [0.2, 0.25) is 0 Å². The number of benzene rings is 2. The van der Waals surface area contributed by atoms with Crippen molar-refractivity contribution in [1.29, 1.82) is 0 Å². The SMILES string of the molecule is CCc1cc(NC(=O)NC[C@H]2CN(CCc3ccc(F)cc3)CC[C@@H]2NC)cc(-c2nnnn2C)c1. The number of piperidine rings is 1. The first-order valence-electron chi connectivity index (χ1n) is 12.5. The van der Waals surface area contributed by atoms with Crippen LogP contribution >= 0.6 is 0 Å². The minimum atomic E-state index is -0.233. The van der Waals surface area contributed by atoms with Gasteiger partial charge in [0, 0.05) is 49.9 Å². The molecule has 10 heteroatoms. The molecule has 1 aliphatic rings. The summed E-state index contributed by atoms with van der Waals surface area (Å²) in [6.07, 6.45) is 2.72. The topological polar surface area (TPSA) is 100 Å². The van der Waals surface area contributed by atoms with Crippen molar-refractivity contribution in [2.24, 2.45) is 13.0 Å². The van der Waals surface area contributed by atoms with Crippen LogP contribution in [0.4, 0.5) is 14.9 Å². The van der Waals surface area contributed by atoms with E-state index in [0.717, 1.165) is 55.6 Å². The van der Waals surface area contributed by atoms with Gasteiger partial charge in [-0.3, -0.25) is 0 Å². The third-order valence-electron chi connectivity index (χ3n) is 6.88. The fourth-order valence-corrected chi connectivity index (χ4v) is 4.81. The number of carbonyl (C=O) groups is 1. The molecule has 0 aliphatic carbocycles. The fraction of sp³-hybridized carbons (Fsp3) is 0.462. The smallest absolute Gasteiger partial charge is 0.319 e. The van der Waals surface area contributed by atoms with E-state index in [2.05, 4.69) is 43.3 Å². The van der Waals surface area contributed by atoms with Crippen LogP contribution in [0.3, 0.4) is 0 Å². The second-order valence-corrected chi connectivity index (χ2v) is 9.35. The Balaban J connectivity index is 1.33. The minimum absolute atomic E-state index is 0.207. The number of tetrazole rings is 1. The number of urea groups is 1. The van der Waals surface area contributed by atoms with Gasteiger partial charge < -0.3 is 20.9 Å². The van der Waals surface area contributed by atoms with E-state index in [1.807, 2.05) is 37.4 Å². The molecule has 2 heterocycles. The molecule has 3 aromatic rings. The van der Waals surface area contributed by atoms with Gasteiger partial charge in [-0.25, -0.2) is 13.9 Å². The molecule has 192 valence electrons. The van der Waals surface area contributed by atoms with Gasteiger partial charge in [-0.2, -0.15) is 0 Å². The maximum atomic E-state index is 13.2. The van der Waals surface area contributed by atoms with Gasteiger partial charge in [-0.1, -0.05) is 19.1 Å². The summed E-state index contributed by atoms with van der Waals surface area (Å²) in [5.41, 5.74) is 3.79. The van der Waals surface area contributed by atoms with Gasteiger partial charge in [0.15, 0.2) is 5.82 Å². The molecule has 1 aliphatic heterocycles. The molecule has 4 rings (SSSR count). The first-order valence-corrected chi connectivity index (χ1v) is 12.5. The number of nitrogens with zero attached hydrogens (tertiary/aromatic N) is 5. The maximum absolute atomic E-state index is 13.2. The van der Waals surface area contributed by atoms with E-state index in [4.69, 9.17) is 0 Å². The number of aromatic nitrogens is 4. The van der Waals surface area contributed by atoms with Gasteiger partial charge in [0.1, 0.15) is 5.82 Å². The molecule has 0 unspecified atom stereocenters. The van der Waals surface area contributed by atoms with Crippen molar-refractivity contribution in [3.63, 3.8) is 0 Å². The molecule has 0 bridgehead atoms. The molecule has 2 aromatic carbocycles. The van der Waals surface area contributed by atoms with Crippen molar-refractivity contribution in [2.45, 2.75) is 32.2 Å². The Bertz CT molecular complexity index is 1150. The number of amides is 2. The maximum Gasteiger partial charge on any atom is 0.319 e. The molecule has 1 aromatic heterocycles. The Kier molecular flexibility index (Phi) is 8.61. The standard InChI is InChI=1S/C26H35FN8O/c1-4-18-13-20(25-31-32-33-34(25)3)15-23(14-18)30-26(36)29-16-21-17-35(12-10-24(21)28-2)11-9-19-5-7-22(27)8-6-19/h5-8,13-15,21,24,28H,4,9-12,16-17H2,1-3H3,(H2,29,30,36)/t21-,24-/m0/s1. The number of nitrogens with one attached hydrogen (secondary N) is 3. The molecule has 1 saturated heterocycles. The van der Waals surface area contributed by atoms with Crippen LogP contribution in [0.15, 0.2) is 42.5 Å². The molecule has 0 saturated carbocycles. The van der Waals surface area contributed by atoms with Crippen molar-refractivity contribution in [3.8, 4) is 11.4 Å². The lowest BCUT2D eigenvalue weighted by Crippen LogP contribution is -2.52. The number of hydrogen-bond acceptors (Lipinski definition) is 6. The quantitative estimate of drug-likeness (QED) is 0.423. The third kappa shape index (κ3) is 6.64. The van der Waals surface area contributed by atoms with Crippen molar-refractivity contribution >= 4 is 11.7 Å². The molecule has 1 fully saturated rings. The van der Waals surface area contributed by atoms with E-state index in [0.29, 0.717) is 24.1 Å². The number of rotatable bonds is 9. The Hall–Kier alpha value is -3.37.